The standard InChI is InChI=1S/C22H31N3O2/c1-16(2)14-24-10-11-27-20(15-24)13-23-22(26)21-12-17(3)25(18(21)4)19-8-6-5-7-9-19/h5-9,12,16,20H,10-11,13-15H2,1-4H3,(H,23,26). The quantitative estimate of drug-likeness (QED) is 0.851. The molecule has 27 heavy (non-hydrogen) atoms. The number of nitrogens with zero attached hydrogens (tertiary/aromatic N) is 2. The fourth-order valence-corrected chi connectivity index (χ4v) is 3.85. The zero-order chi connectivity index (χ0) is 19.4. The van der Waals surface area contributed by atoms with Gasteiger partial charge in [-0.25, -0.2) is 0 Å². The monoisotopic (exact) mass is 369 g/mol. The minimum atomic E-state index is -0.0325. The minimum absolute atomic E-state index is 0.0325. The number of para-hydroxylation sites is 1. The Morgan fingerprint density at radius 2 is 2.00 bits per heavy atom. The van der Waals surface area contributed by atoms with Gasteiger partial charge in [-0.05, 0) is 38.0 Å². The number of rotatable bonds is 6. The Hall–Kier alpha value is -2.11. The van der Waals surface area contributed by atoms with Crippen LogP contribution in [0.4, 0.5) is 0 Å². The summed E-state index contributed by atoms with van der Waals surface area (Å²) in [6.45, 7) is 12.7. The zero-order valence-corrected chi connectivity index (χ0v) is 16.9. The number of aromatic nitrogens is 1. The molecule has 2 aromatic rings. The van der Waals surface area contributed by atoms with Crippen LogP contribution in [-0.2, 0) is 4.74 Å². The van der Waals surface area contributed by atoms with E-state index in [0.717, 1.165) is 48.9 Å². The average molecular weight is 370 g/mol. The molecule has 1 aromatic heterocycles. The molecule has 3 rings (SSSR count). The summed E-state index contributed by atoms with van der Waals surface area (Å²) in [6.07, 6.45) is 0.0547. The highest BCUT2D eigenvalue weighted by atomic mass is 16.5. The van der Waals surface area contributed by atoms with Crippen LogP contribution in [0, 0.1) is 19.8 Å². The molecule has 0 spiro atoms. The Morgan fingerprint density at radius 1 is 1.26 bits per heavy atom. The Morgan fingerprint density at radius 3 is 2.70 bits per heavy atom. The summed E-state index contributed by atoms with van der Waals surface area (Å²) in [5.74, 6) is 0.608. The highest BCUT2D eigenvalue weighted by Crippen LogP contribution is 2.20. The first-order valence-electron chi connectivity index (χ1n) is 9.82. The van der Waals surface area contributed by atoms with Crippen LogP contribution < -0.4 is 5.32 Å². The maximum absolute atomic E-state index is 12.8. The Labute approximate surface area is 162 Å². The van der Waals surface area contributed by atoms with Gasteiger partial charge in [0.1, 0.15) is 0 Å². The van der Waals surface area contributed by atoms with Gasteiger partial charge in [-0.2, -0.15) is 0 Å². The van der Waals surface area contributed by atoms with Crippen LogP contribution in [0.5, 0.6) is 0 Å². The Kier molecular flexibility index (Phi) is 6.34. The summed E-state index contributed by atoms with van der Waals surface area (Å²) >= 11 is 0. The van der Waals surface area contributed by atoms with Gasteiger partial charge in [-0.15, -0.1) is 0 Å². The predicted molar refractivity (Wildman–Crippen MR) is 109 cm³/mol. The number of hydrogen-bond acceptors (Lipinski definition) is 3. The molecule has 146 valence electrons. The van der Waals surface area contributed by atoms with E-state index in [1.165, 1.54) is 0 Å². The molecule has 1 N–H and O–H groups in total. The molecular weight excluding hydrogens is 338 g/mol. The topological polar surface area (TPSA) is 46.5 Å². The second kappa shape index (κ2) is 8.72. The average Bonchev–Trinajstić information content (AvgIpc) is 2.94. The summed E-state index contributed by atoms with van der Waals surface area (Å²) in [7, 11) is 0. The lowest BCUT2D eigenvalue weighted by Gasteiger charge is -2.33. The van der Waals surface area contributed by atoms with E-state index >= 15 is 0 Å². The van der Waals surface area contributed by atoms with Gasteiger partial charge in [0.15, 0.2) is 0 Å². The number of carbonyl (C=O) groups excluding carboxylic acids is 1. The highest BCUT2D eigenvalue weighted by Gasteiger charge is 2.23. The minimum Gasteiger partial charge on any atom is -0.374 e. The predicted octanol–water partition coefficient (Wildman–Crippen LogP) is 3.18. The molecule has 2 heterocycles. The third-order valence-electron chi connectivity index (χ3n) is 5.03. The van der Waals surface area contributed by atoms with Crippen LogP contribution in [0.3, 0.4) is 0 Å². The van der Waals surface area contributed by atoms with Crippen molar-refractivity contribution in [2.45, 2.75) is 33.8 Å². The fraction of sp³-hybridized carbons (Fsp3) is 0.500. The number of nitrogens with one attached hydrogen (secondary N) is 1. The molecule has 5 heteroatoms. The molecule has 0 bridgehead atoms. The van der Waals surface area contributed by atoms with Crippen LogP contribution in [-0.4, -0.2) is 54.3 Å². The SMILES string of the molecule is Cc1cc(C(=O)NCC2CN(CC(C)C)CCO2)c(C)n1-c1ccccc1. The van der Waals surface area contributed by atoms with E-state index in [9.17, 15) is 4.79 Å². The van der Waals surface area contributed by atoms with Crippen molar-refractivity contribution in [1.82, 2.24) is 14.8 Å². The van der Waals surface area contributed by atoms with E-state index in [1.54, 1.807) is 0 Å². The highest BCUT2D eigenvalue weighted by molar-refractivity contribution is 5.95. The second-order valence-electron chi connectivity index (χ2n) is 7.81. The number of morpholine rings is 1. The van der Waals surface area contributed by atoms with Crippen molar-refractivity contribution in [2.75, 3.05) is 32.8 Å². The number of amides is 1. The summed E-state index contributed by atoms with van der Waals surface area (Å²) < 4.78 is 7.96. The lowest BCUT2D eigenvalue weighted by Crippen LogP contribution is -2.48. The normalized spacial score (nSPS) is 18.0. The molecule has 1 fully saturated rings. The van der Waals surface area contributed by atoms with Gasteiger partial charge in [0.2, 0.25) is 0 Å². The summed E-state index contributed by atoms with van der Waals surface area (Å²) in [4.78, 5) is 15.2. The molecular formula is C22H31N3O2. The van der Waals surface area contributed by atoms with E-state index in [1.807, 2.05) is 38.1 Å². The number of hydrogen-bond donors (Lipinski definition) is 1. The Bertz CT molecular complexity index is 767. The van der Waals surface area contributed by atoms with Gasteiger partial charge in [-0.1, -0.05) is 32.0 Å². The summed E-state index contributed by atoms with van der Waals surface area (Å²) in [5, 5.41) is 3.07. The smallest absolute Gasteiger partial charge is 0.253 e. The molecule has 1 atom stereocenters. The number of ether oxygens (including phenoxy) is 1. The van der Waals surface area contributed by atoms with Gasteiger partial charge in [0.05, 0.1) is 18.3 Å². The molecule has 5 nitrogen and oxygen atoms in total. The molecule has 1 aromatic carbocycles. The van der Waals surface area contributed by atoms with Gasteiger partial charge in [0, 0.05) is 43.3 Å². The van der Waals surface area contributed by atoms with Gasteiger partial charge in [0.25, 0.3) is 5.91 Å². The van der Waals surface area contributed by atoms with Crippen LogP contribution in [0.15, 0.2) is 36.4 Å². The van der Waals surface area contributed by atoms with Crippen molar-refractivity contribution < 1.29 is 9.53 Å². The number of carbonyl (C=O) groups is 1. The maximum atomic E-state index is 12.8. The first-order chi connectivity index (χ1) is 13.0. The largest absolute Gasteiger partial charge is 0.374 e. The van der Waals surface area contributed by atoms with Crippen molar-refractivity contribution in [3.8, 4) is 5.69 Å². The van der Waals surface area contributed by atoms with Gasteiger partial charge >= 0.3 is 0 Å². The molecule has 1 saturated heterocycles. The van der Waals surface area contributed by atoms with Gasteiger partial charge < -0.3 is 14.6 Å². The van der Waals surface area contributed by atoms with Crippen molar-refractivity contribution in [3.05, 3.63) is 53.3 Å². The molecule has 0 radical (unpaired) electrons. The van der Waals surface area contributed by atoms with Crippen LogP contribution in [0.2, 0.25) is 0 Å². The van der Waals surface area contributed by atoms with E-state index in [2.05, 4.69) is 40.8 Å². The number of benzene rings is 1. The van der Waals surface area contributed by atoms with Crippen molar-refractivity contribution >= 4 is 5.91 Å². The molecule has 1 amide bonds. The van der Waals surface area contributed by atoms with Crippen molar-refractivity contribution in [1.29, 1.82) is 0 Å². The molecule has 1 aliphatic heterocycles. The fourth-order valence-electron chi connectivity index (χ4n) is 3.85. The summed E-state index contributed by atoms with van der Waals surface area (Å²) in [5.41, 5.74) is 3.82. The molecule has 1 unspecified atom stereocenters. The zero-order valence-electron chi connectivity index (χ0n) is 16.9. The number of aryl methyl sites for hydroxylation is 1. The summed E-state index contributed by atoms with van der Waals surface area (Å²) in [6, 6.07) is 12.1. The van der Waals surface area contributed by atoms with E-state index in [0.29, 0.717) is 12.5 Å². The maximum Gasteiger partial charge on any atom is 0.253 e. The first kappa shape index (κ1) is 19.6. The Balaban J connectivity index is 1.63. The van der Waals surface area contributed by atoms with E-state index < -0.39 is 0 Å². The van der Waals surface area contributed by atoms with Gasteiger partial charge in [-0.3, -0.25) is 9.69 Å². The second-order valence-corrected chi connectivity index (χ2v) is 7.81. The molecule has 1 aliphatic rings. The lowest BCUT2D eigenvalue weighted by atomic mass is 10.1. The van der Waals surface area contributed by atoms with E-state index in [4.69, 9.17) is 4.74 Å². The van der Waals surface area contributed by atoms with Crippen molar-refractivity contribution in [3.63, 3.8) is 0 Å². The van der Waals surface area contributed by atoms with E-state index in [-0.39, 0.29) is 12.0 Å². The van der Waals surface area contributed by atoms with Crippen LogP contribution in [0.25, 0.3) is 5.69 Å². The van der Waals surface area contributed by atoms with Crippen molar-refractivity contribution in [2.24, 2.45) is 5.92 Å². The molecule has 0 saturated carbocycles. The lowest BCUT2D eigenvalue weighted by molar-refractivity contribution is -0.0295. The van der Waals surface area contributed by atoms with Crippen LogP contribution >= 0.6 is 0 Å². The third kappa shape index (κ3) is 4.79. The van der Waals surface area contributed by atoms with Crippen LogP contribution in [0.1, 0.15) is 35.6 Å². The first-order valence-corrected chi connectivity index (χ1v) is 9.82. The molecule has 0 aliphatic carbocycles. The third-order valence-corrected chi connectivity index (χ3v) is 5.03.